The molecule has 0 aliphatic carbocycles. The van der Waals surface area contributed by atoms with Gasteiger partial charge in [0.2, 0.25) is 0 Å². The van der Waals surface area contributed by atoms with Gasteiger partial charge >= 0.3 is 0 Å². The summed E-state index contributed by atoms with van der Waals surface area (Å²) < 4.78 is 1.66. The lowest BCUT2D eigenvalue weighted by Crippen LogP contribution is -2.25. The summed E-state index contributed by atoms with van der Waals surface area (Å²) in [5.74, 6) is 0.865. The van der Waals surface area contributed by atoms with Crippen molar-refractivity contribution in [3.63, 3.8) is 0 Å². The normalized spacial score (nSPS) is 12.7. The van der Waals surface area contributed by atoms with Crippen molar-refractivity contribution in [2.75, 3.05) is 5.75 Å². The minimum Gasteiger partial charge on any atom is -0.508 e. The highest BCUT2D eigenvalue weighted by atomic mass is 32.2. The van der Waals surface area contributed by atoms with Gasteiger partial charge < -0.3 is 5.11 Å². The fourth-order valence-electron chi connectivity index (χ4n) is 3.57. The van der Waals surface area contributed by atoms with Gasteiger partial charge in [-0.25, -0.2) is 15.0 Å². The molecule has 0 fully saturated rings. The van der Waals surface area contributed by atoms with Crippen molar-refractivity contribution in [2.24, 2.45) is 4.99 Å². The number of aromatic hydroxyl groups is 1. The molecule has 1 N–H and O–H groups in total. The molecule has 7 nitrogen and oxygen atoms in total. The van der Waals surface area contributed by atoms with Crippen LogP contribution in [0.1, 0.15) is 11.1 Å². The van der Waals surface area contributed by atoms with Crippen molar-refractivity contribution in [1.82, 2.24) is 19.5 Å². The number of phenolic OH excluding ortho intramolecular Hbond substituents is 1. The molecule has 1 aliphatic heterocycles. The van der Waals surface area contributed by atoms with Crippen LogP contribution in [0.25, 0.3) is 11.2 Å². The summed E-state index contributed by atoms with van der Waals surface area (Å²) in [6.07, 6.45) is 4.50. The topological polar surface area (TPSA) is 93.3 Å². The van der Waals surface area contributed by atoms with E-state index < -0.39 is 0 Å². The molecule has 2 aromatic carbocycles. The molecule has 31 heavy (non-hydrogen) atoms. The van der Waals surface area contributed by atoms with E-state index in [2.05, 4.69) is 21.0 Å². The molecule has 0 radical (unpaired) electrons. The Labute approximate surface area is 182 Å². The quantitative estimate of drug-likeness (QED) is 0.372. The third-order valence-electron chi connectivity index (χ3n) is 5.15. The first-order chi connectivity index (χ1) is 15.2. The minimum atomic E-state index is -0.198. The summed E-state index contributed by atoms with van der Waals surface area (Å²) in [6, 6.07) is 15.1. The number of benzene rings is 2. The Morgan fingerprint density at radius 3 is 2.68 bits per heavy atom. The highest BCUT2D eigenvalue weighted by Crippen LogP contribution is 2.28. The SMILES string of the molecule is O=c1c2nccnc2nc(SCC2=Nc3ccccc3C2)n1CCc1ccc(O)cc1. The van der Waals surface area contributed by atoms with E-state index in [4.69, 9.17) is 4.99 Å². The maximum absolute atomic E-state index is 13.1. The maximum atomic E-state index is 13.1. The second-order valence-electron chi connectivity index (χ2n) is 7.27. The first-order valence-electron chi connectivity index (χ1n) is 9.94. The molecule has 5 rings (SSSR count). The number of hydrogen-bond acceptors (Lipinski definition) is 7. The van der Waals surface area contributed by atoms with Crippen LogP contribution in [0.5, 0.6) is 5.75 Å². The van der Waals surface area contributed by atoms with Crippen molar-refractivity contribution < 1.29 is 5.11 Å². The van der Waals surface area contributed by atoms with Gasteiger partial charge in [-0.05, 0) is 35.7 Å². The molecule has 8 heteroatoms. The van der Waals surface area contributed by atoms with E-state index in [0.717, 1.165) is 23.4 Å². The average Bonchev–Trinajstić information content (AvgIpc) is 3.21. The lowest BCUT2D eigenvalue weighted by atomic mass is 10.1. The minimum absolute atomic E-state index is 0.198. The Hall–Kier alpha value is -3.52. The van der Waals surface area contributed by atoms with Gasteiger partial charge in [-0.2, -0.15) is 0 Å². The number of rotatable bonds is 6. The summed E-state index contributed by atoms with van der Waals surface area (Å²) in [4.78, 5) is 30.9. The summed E-state index contributed by atoms with van der Waals surface area (Å²) >= 11 is 1.49. The van der Waals surface area contributed by atoms with Crippen LogP contribution < -0.4 is 5.56 Å². The van der Waals surface area contributed by atoms with Crippen molar-refractivity contribution in [2.45, 2.75) is 24.5 Å². The van der Waals surface area contributed by atoms with Gasteiger partial charge in [0.25, 0.3) is 5.56 Å². The zero-order valence-corrected chi connectivity index (χ0v) is 17.4. The smallest absolute Gasteiger partial charge is 0.282 e. The maximum Gasteiger partial charge on any atom is 0.282 e. The molecule has 0 amide bonds. The van der Waals surface area contributed by atoms with Crippen molar-refractivity contribution in [3.05, 3.63) is 82.4 Å². The number of phenols is 1. The number of thioether (sulfide) groups is 1. The van der Waals surface area contributed by atoms with Crippen LogP contribution in [0, 0.1) is 0 Å². The van der Waals surface area contributed by atoms with E-state index in [-0.39, 0.29) is 16.8 Å². The van der Waals surface area contributed by atoms with Crippen LogP contribution in [0.3, 0.4) is 0 Å². The van der Waals surface area contributed by atoms with Crippen molar-refractivity contribution in [3.8, 4) is 5.75 Å². The van der Waals surface area contributed by atoms with Gasteiger partial charge in [-0.3, -0.25) is 14.4 Å². The number of fused-ring (bicyclic) bond motifs is 2. The predicted molar refractivity (Wildman–Crippen MR) is 121 cm³/mol. The summed E-state index contributed by atoms with van der Waals surface area (Å²) in [5, 5.41) is 10.1. The highest BCUT2D eigenvalue weighted by molar-refractivity contribution is 7.99. The largest absolute Gasteiger partial charge is 0.508 e. The highest BCUT2D eigenvalue weighted by Gasteiger charge is 2.17. The molecular formula is C23H19N5O2S. The number of aromatic nitrogens is 4. The van der Waals surface area contributed by atoms with E-state index in [1.807, 2.05) is 30.3 Å². The van der Waals surface area contributed by atoms with E-state index >= 15 is 0 Å². The van der Waals surface area contributed by atoms with Crippen LogP contribution in [0.2, 0.25) is 0 Å². The number of para-hydroxylation sites is 1. The number of aliphatic imine (C=N–C) groups is 1. The Kier molecular flexibility index (Phi) is 5.21. The molecule has 0 saturated carbocycles. The fraction of sp³-hybridized carbons (Fsp3) is 0.174. The number of hydrogen-bond donors (Lipinski definition) is 1. The van der Waals surface area contributed by atoms with Crippen molar-refractivity contribution in [1.29, 1.82) is 0 Å². The van der Waals surface area contributed by atoms with Crippen LogP contribution >= 0.6 is 11.8 Å². The standard InChI is InChI=1S/C23H19N5O2S/c29-18-7-5-15(6-8-18)9-12-28-22(30)20-21(25-11-10-24-20)27-23(28)31-14-17-13-16-3-1-2-4-19(16)26-17/h1-8,10-11,29H,9,12-14H2. The van der Waals surface area contributed by atoms with Crippen LogP contribution in [0.15, 0.2) is 75.9 Å². The van der Waals surface area contributed by atoms with Gasteiger partial charge in [0.15, 0.2) is 16.3 Å². The molecule has 0 spiro atoms. The first-order valence-corrected chi connectivity index (χ1v) is 10.9. The second kappa shape index (κ2) is 8.31. The van der Waals surface area contributed by atoms with E-state index in [0.29, 0.717) is 29.5 Å². The van der Waals surface area contributed by atoms with Gasteiger partial charge in [-0.1, -0.05) is 42.1 Å². The van der Waals surface area contributed by atoms with E-state index in [1.165, 1.54) is 23.5 Å². The fourth-order valence-corrected chi connectivity index (χ4v) is 4.51. The Morgan fingerprint density at radius 1 is 1.03 bits per heavy atom. The number of aryl methyl sites for hydroxylation is 1. The summed E-state index contributed by atoms with van der Waals surface area (Å²) in [6.45, 7) is 0.457. The Balaban J connectivity index is 1.42. The van der Waals surface area contributed by atoms with Gasteiger partial charge in [-0.15, -0.1) is 0 Å². The van der Waals surface area contributed by atoms with Gasteiger partial charge in [0.1, 0.15) is 5.75 Å². The molecular weight excluding hydrogens is 410 g/mol. The third kappa shape index (κ3) is 4.06. The molecule has 0 atom stereocenters. The third-order valence-corrected chi connectivity index (χ3v) is 6.20. The predicted octanol–water partition coefficient (Wildman–Crippen LogP) is 3.56. The molecule has 3 heterocycles. The molecule has 154 valence electrons. The molecule has 2 aromatic heterocycles. The van der Waals surface area contributed by atoms with Crippen LogP contribution in [-0.4, -0.2) is 36.1 Å². The van der Waals surface area contributed by atoms with Crippen molar-refractivity contribution >= 4 is 34.3 Å². The zero-order valence-electron chi connectivity index (χ0n) is 16.6. The van der Waals surface area contributed by atoms with Gasteiger partial charge in [0, 0.05) is 36.8 Å². The number of nitrogens with zero attached hydrogens (tertiary/aromatic N) is 5. The Morgan fingerprint density at radius 2 is 1.84 bits per heavy atom. The first kappa shape index (κ1) is 19.4. The van der Waals surface area contributed by atoms with E-state index in [1.54, 1.807) is 22.9 Å². The lowest BCUT2D eigenvalue weighted by Gasteiger charge is -2.12. The van der Waals surface area contributed by atoms with Crippen LogP contribution in [0.4, 0.5) is 5.69 Å². The summed E-state index contributed by atoms with van der Waals surface area (Å²) in [5.41, 5.74) is 4.74. The van der Waals surface area contributed by atoms with E-state index in [9.17, 15) is 9.90 Å². The monoisotopic (exact) mass is 429 g/mol. The molecule has 0 unspecified atom stereocenters. The Bertz CT molecular complexity index is 1350. The van der Waals surface area contributed by atoms with Crippen LogP contribution in [-0.2, 0) is 19.4 Å². The molecule has 0 bridgehead atoms. The lowest BCUT2D eigenvalue weighted by molar-refractivity contribution is 0.475. The van der Waals surface area contributed by atoms with Gasteiger partial charge in [0.05, 0.1) is 5.69 Å². The summed E-state index contributed by atoms with van der Waals surface area (Å²) in [7, 11) is 0. The second-order valence-corrected chi connectivity index (χ2v) is 8.21. The molecule has 1 aliphatic rings. The zero-order chi connectivity index (χ0) is 21.2. The average molecular weight is 430 g/mol. The molecule has 0 saturated heterocycles. The molecule has 4 aromatic rings.